The zero-order valence-corrected chi connectivity index (χ0v) is 12.9. The van der Waals surface area contributed by atoms with Gasteiger partial charge in [-0.15, -0.1) is 0 Å². The summed E-state index contributed by atoms with van der Waals surface area (Å²) in [5, 5.41) is 0. The van der Waals surface area contributed by atoms with Gasteiger partial charge in [-0.05, 0) is 40.2 Å². The smallest absolute Gasteiger partial charge is 0.323 e. The second kappa shape index (κ2) is 10.2. The van der Waals surface area contributed by atoms with Crippen molar-refractivity contribution in [3.8, 4) is 0 Å². The molecular formula is C15H32N2O2. The Morgan fingerprint density at radius 1 is 1.00 bits per heavy atom. The molecule has 0 saturated heterocycles. The van der Waals surface area contributed by atoms with Gasteiger partial charge in [0.15, 0.2) is 0 Å². The molecule has 0 spiro atoms. The second-order valence-corrected chi connectivity index (χ2v) is 6.19. The summed E-state index contributed by atoms with van der Waals surface area (Å²) < 4.78 is 5.25. The van der Waals surface area contributed by atoms with Gasteiger partial charge in [0.25, 0.3) is 0 Å². The molecule has 0 radical (unpaired) electrons. The molecule has 0 aromatic rings. The maximum absolute atomic E-state index is 11.6. The third kappa shape index (κ3) is 12.2. The van der Waals surface area contributed by atoms with Crippen LogP contribution in [0.4, 0.5) is 0 Å². The van der Waals surface area contributed by atoms with Gasteiger partial charge in [0.2, 0.25) is 0 Å². The Labute approximate surface area is 118 Å². The van der Waals surface area contributed by atoms with Crippen molar-refractivity contribution in [1.29, 1.82) is 0 Å². The predicted octanol–water partition coefficient (Wildman–Crippen LogP) is 2.73. The Kier molecular flexibility index (Phi) is 9.88. The highest BCUT2D eigenvalue weighted by molar-refractivity contribution is 5.75. The van der Waals surface area contributed by atoms with Gasteiger partial charge < -0.3 is 16.2 Å². The predicted molar refractivity (Wildman–Crippen MR) is 79.8 cm³/mol. The van der Waals surface area contributed by atoms with Gasteiger partial charge in [-0.25, -0.2) is 0 Å². The summed E-state index contributed by atoms with van der Waals surface area (Å²) in [6.45, 7) is 6.38. The third-order valence-corrected chi connectivity index (χ3v) is 2.93. The van der Waals surface area contributed by atoms with Gasteiger partial charge in [-0.2, -0.15) is 0 Å². The van der Waals surface area contributed by atoms with E-state index in [1.807, 2.05) is 20.8 Å². The minimum atomic E-state index is -0.475. The van der Waals surface area contributed by atoms with E-state index in [2.05, 4.69) is 0 Å². The van der Waals surface area contributed by atoms with Crippen molar-refractivity contribution in [2.45, 2.75) is 83.8 Å². The van der Waals surface area contributed by atoms with E-state index in [-0.39, 0.29) is 5.97 Å². The van der Waals surface area contributed by atoms with Gasteiger partial charge in [-0.3, -0.25) is 4.79 Å². The average Bonchev–Trinajstić information content (AvgIpc) is 2.30. The number of hydrogen-bond acceptors (Lipinski definition) is 4. The Morgan fingerprint density at radius 3 is 1.95 bits per heavy atom. The molecule has 0 aromatic heterocycles. The van der Waals surface area contributed by atoms with E-state index < -0.39 is 11.6 Å². The third-order valence-electron chi connectivity index (χ3n) is 2.93. The molecule has 19 heavy (non-hydrogen) atoms. The zero-order valence-electron chi connectivity index (χ0n) is 12.9. The number of esters is 1. The first kappa shape index (κ1) is 18.4. The van der Waals surface area contributed by atoms with Crippen LogP contribution in [0, 0.1) is 0 Å². The minimum absolute atomic E-state index is 0.282. The highest BCUT2D eigenvalue weighted by Crippen LogP contribution is 2.12. The lowest BCUT2D eigenvalue weighted by atomic mass is 10.1. The molecule has 1 unspecified atom stereocenters. The molecule has 0 saturated carbocycles. The second-order valence-electron chi connectivity index (χ2n) is 6.19. The fourth-order valence-electron chi connectivity index (χ4n) is 1.89. The topological polar surface area (TPSA) is 78.3 Å². The van der Waals surface area contributed by atoms with Gasteiger partial charge >= 0.3 is 5.97 Å². The van der Waals surface area contributed by atoms with Crippen molar-refractivity contribution >= 4 is 5.97 Å². The van der Waals surface area contributed by atoms with Crippen molar-refractivity contribution in [1.82, 2.24) is 0 Å². The normalized spacial score (nSPS) is 13.3. The number of unbranched alkanes of at least 4 members (excludes halogenated alkanes) is 6. The maximum atomic E-state index is 11.6. The van der Waals surface area contributed by atoms with Crippen LogP contribution in [0.2, 0.25) is 0 Å². The Bertz CT molecular complexity index is 237. The summed E-state index contributed by atoms with van der Waals surface area (Å²) in [7, 11) is 0. The maximum Gasteiger partial charge on any atom is 0.323 e. The SMILES string of the molecule is CC(C)(C)OC(=O)C(N)CCCCCCCCCN. The Balaban J connectivity index is 3.48. The van der Waals surface area contributed by atoms with Crippen LogP contribution in [0.1, 0.15) is 72.1 Å². The van der Waals surface area contributed by atoms with Gasteiger partial charge in [0, 0.05) is 0 Å². The van der Waals surface area contributed by atoms with E-state index >= 15 is 0 Å². The fraction of sp³-hybridized carbons (Fsp3) is 0.933. The van der Waals surface area contributed by atoms with E-state index in [1.54, 1.807) is 0 Å². The standard InChI is InChI=1S/C15H32N2O2/c1-15(2,3)19-14(18)13(17)11-9-7-5-4-6-8-10-12-16/h13H,4-12,16-17H2,1-3H3. The fourth-order valence-corrected chi connectivity index (χ4v) is 1.89. The highest BCUT2D eigenvalue weighted by atomic mass is 16.6. The van der Waals surface area contributed by atoms with Crippen LogP contribution in [0.25, 0.3) is 0 Å². The molecule has 0 rings (SSSR count). The van der Waals surface area contributed by atoms with Crippen molar-refractivity contribution in [2.24, 2.45) is 11.5 Å². The number of hydrogen-bond donors (Lipinski definition) is 2. The van der Waals surface area contributed by atoms with Crippen LogP contribution < -0.4 is 11.5 Å². The summed E-state index contributed by atoms with van der Waals surface area (Å²) in [6.07, 6.45) is 8.94. The number of rotatable bonds is 10. The van der Waals surface area contributed by atoms with Crippen LogP contribution in [-0.2, 0) is 9.53 Å². The number of nitrogens with two attached hydrogens (primary N) is 2. The van der Waals surface area contributed by atoms with Crippen molar-refractivity contribution in [3.63, 3.8) is 0 Å². The average molecular weight is 272 g/mol. The van der Waals surface area contributed by atoms with E-state index in [9.17, 15) is 4.79 Å². The largest absolute Gasteiger partial charge is 0.459 e. The zero-order chi connectivity index (χ0) is 14.7. The monoisotopic (exact) mass is 272 g/mol. The summed E-state index contributed by atoms with van der Waals surface area (Å²) in [5.74, 6) is -0.282. The lowest BCUT2D eigenvalue weighted by Gasteiger charge is -2.22. The van der Waals surface area contributed by atoms with Crippen molar-refractivity contribution < 1.29 is 9.53 Å². The molecule has 4 N–H and O–H groups in total. The molecule has 0 aliphatic rings. The minimum Gasteiger partial charge on any atom is -0.459 e. The molecule has 0 amide bonds. The van der Waals surface area contributed by atoms with Crippen LogP contribution >= 0.6 is 0 Å². The molecule has 1 atom stereocenters. The lowest BCUT2D eigenvalue weighted by Crippen LogP contribution is -2.37. The number of carbonyl (C=O) groups is 1. The quantitative estimate of drug-likeness (QED) is 0.473. The Hall–Kier alpha value is -0.610. The summed E-state index contributed by atoms with van der Waals surface area (Å²) in [5.41, 5.74) is 10.8. The first-order valence-electron chi connectivity index (χ1n) is 7.55. The van der Waals surface area contributed by atoms with Crippen molar-refractivity contribution in [3.05, 3.63) is 0 Å². The lowest BCUT2D eigenvalue weighted by molar-refractivity contribution is -0.156. The van der Waals surface area contributed by atoms with Crippen LogP contribution in [0.15, 0.2) is 0 Å². The van der Waals surface area contributed by atoms with Crippen LogP contribution in [0.5, 0.6) is 0 Å². The van der Waals surface area contributed by atoms with Crippen LogP contribution in [0.3, 0.4) is 0 Å². The highest BCUT2D eigenvalue weighted by Gasteiger charge is 2.21. The molecule has 4 heteroatoms. The van der Waals surface area contributed by atoms with Gasteiger partial charge in [0.1, 0.15) is 11.6 Å². The van der Waals surface area contributed by atoms with E-state index in [1.165, 1.54) is 25.7 Å². The number of ether oxygens (including phenoxy) is 1. The molecule has 0 heterocycles. The molecular weight excluding hydrogens is 240 g/mol. The summed E-state index contributed by atoms with van der Waals surface area (Å²) in [4.78, 5) is 11.6. The molecule has 4 nitrogen and oxygen atoms in total. The first-order chi connectivity index (χ1) is 8.87. The molecule has 0 aliphatic carbocycles. The van der Waals surface area contributed by atoms with Gasteiger partial charge in [0.05, 0.1) is 0 Å². The molecule has 0 fully saturated rings. The summed E-state index contributed by atoms with van der Waals surface area (Å²) >= 11 is 0. The van der Waals surface area contributed by atoms with E-state index in [0.717, 1.165) is 32.2 Å². The molecule has 0 aromatic carbocycles. The molecule has 114 valence electrons. The van der Waals surface area contributed by atoms with Crippen LogP contribution in [-0.4, -0.2) is 24.2 Å². The molecule has 0 bridgehead atoms. The summed E-state index contributed by atoms with van der Waals surface area (Å²) in [6, 6.07) is -0.475. The van der Waals surface area contributed by atoms with E-state index in [4.69, 9.17) is 16.2 Å². The van der Waals surface area contributed by atoms with E-state index in [0.29, 0.717) is 0 Å². The molecule has 0 aliphatic heterocycles. The Morgan fingerprint density at radius 2 is 1.47 bits per heavy atom. The van der Waals surface area contributed by atoms with Crippen molar-refractivity contribution in [2.75, 3.05) is 6.54 Å². The first-order valence-corrected chi connectivity index (χ1v) is 7.55. The number of carbonyl (C=O) groups excluding carboxylic acids is 1. The van der Waals surface area contributed by atoms with Gasteiger partial charge in [-0.1, -0.05) is 38.5 Å².